The fourth-order valence-corrected chi connectivity index (χ4v) is 5.48. The number of pyridine rings is 1. The number of fused-ring (bicyclic) bond motifs is 3. The van der Waals surface area contributed by atoms with Crippen molar-refractivity contribution in [2.45, 2.75) is 19.4 Å². The second kappa shape index (κ2) is 8.96. The van der Waals surface area contributed by atoms with Crippen LogP contribution in [0.2, 0.25) is 0 Å². The van der Waals surface area contributed by atoms with Crippen LogP contribution in [0.4, 0.5) is 0 Å². The maximum atomic E-state index is 13.9. The summed E-state index contributed by atoms with van der Waals surface area (Å²) in [4.78, 5) is 31.6. The second-order valence-electron chi connectivity index (χ2n) is 9.72. The highest BCUT2D eigenvalue weighted by atomic mass is 32.1. The molecule has 1 saturated heterocycles. The number of carbonyl (C=O) groups is 2. The monoisotopic (exact) mass is 531 g/mol. The molecule has 1 fully saturated rings. The first kappa shape index (κ1) is 24.1. The number of thiophene rings is 1. The number of rotatable bonds is 5. The molecule has 38 heavy (non-hydrogen) atoms. The molecule has 10 nitrogen and oxygen atoms in total. The van der Waals surface area contributed by atoms with Crippen LogP contribution in [0.1, 0.15) is 34.7 Å². The van der Waals surface area contributed by atoms with Crippen LogP contribution in [0.5, 0.6) is 5.75 Å². The molecule has 1 aromatic carbocycles. The van der Waals surface area contributed by atoms with Crippen molar-refractivity contribution in [2.24, 2.45) is 5.73 Å². The van der Waals surface area contributed by atoms with Gasteiger partial charge in [-0.3, -0.25) is 14.6 Å². The number of aromatic nitrogens is 3. The van der Waals surface area contributed by atoms with Crippen LogP contribution in [0.25, 0.3) is 38.9 Å². The van der Waals surface area contributed by atoms with Crippen molar-refractivity contribution < 1.29 is 23.5 Å². The third kappa shape index (κ3) is 3.82. The van der Waals surface area contributed by atoms with Gasteiger partial charge in [0.25, 0.3) is 5.91 Å². The number of benzene rings is 1. The molecule has 2 N–H and O–H groups in total. The van der Waals surface area contributed by atoms with Gasteiger partial charge in [0.15, 0.2) is 11.3 Å². The standard InChI is InChI=1S/C27H25N5O5S/c1-27(2)14-36-6-5-31(27)26(34)22-24-23(32(30-22)17-4-7-38-13-17)19-9-18(20(35-3)10-21(19)37-24)15-8-16(25(28)33)12-29-11-15/h4,7-13H,5-6,14H2,1-3H3,(H2,28,33). The van der Waals surface area contributed by atoms with E-state index in [-0.39, 0.29) is 17.2 Å². The van der Waals surface area contributed by atoms with Gasteiger partial charge in [-0.25, -0.2) is 4.68 Å². The number of amides is 2. The third-order valence-electron chi connectivity index (χ3n) is 6.79. The number of methoxy groups -OCH3 is 1. The van der Waals surface area contributed by atoms with E-state index in [1.54, 1.807) is 35.0 Å². The van der Waals surface area contributed by atoms with E-state index in [9.17, 15) is 9.59 Å². The quantitative estimate of drug-likeness (QED) is 0.359. The fourth-order valence-electron chi connectivity index (χ4n) is 4.86. The third-order valence-corrected chi connectivity index (χ3v) is 7.46. The van der Waals surface area contributed by atoms with Crippen LogP contribution in [0, 0.1) is 0 Å². The smallest absolute Gasteiger partial charge is 0.278 e. The first-order valence-electron chi connectivity index (χ1n) is 12.0. The Labute approximate surface area is 221 Å². The number of morpholine rings is 1. The summed E-state index contributed by atoms with van der Waals surface area (Å²) in [6, 6.07) is 7.28. The van der Waals surface area contributed by atoms with E-state index >= 15 is 0 Å². The number of carbonyl (C=O) groups excluding carboxylic acids is 2. The summed E-state index contributed by atoms with van der Waals surface area (Å²) in [6.45, 7) is 5.30. The van der Waals surface area contributed by atoms with Crippen molar-refractivity contribution >= 4 is 45.2 Å². The van der Waals surface area contributed by atoms with Crippen LogP contribution in [-0.2, 0) is 4.74 Å². The Morgan fingerprint density at radius 2 is 2.05 bits per heavy atom. The number of nitrogens with zero attached hydrogens (tertiary/aromatic N) is 4. The highest BCUT2D eigenvalue weighted by Crippen LogP contribution is 2.41. The Bertz CT molecular complexity index is 1700. The molecular formula is C27H25N5O5S. The molecular weight excluding hydrogens is 506 g/mol. The van der Waals surface area contributed by atoms with Gasteiger partial charge in [-0.05, 0) is 37.4 Å². The maximum Gasteiger partial charge on any atom is 0.278 e. The van der Waals surface area contributed by atoms with Crippen molar-refractivity contribution in [1.82, 2.24) is 19.7 Å². The van der Waals surface area contributed by atoms with E-state index in [0.717, 1.165) is 11.1 Å². The van der Waals surface area contributed by atoms with Gasteiger partial charge in [-0.15, -0.1) is 0 Å². The molecule has 194 valence electrons. The Morgan fingerprint density at radius 1 is 1.21 bits per heavy atom. The minimum atomic E-state index is -0.574. The molecule has 0 spiro atoms. The molecule has 2 amide bonds. The van der Waals surface area contributed by atoms with Crippen molar-refractivity contribution in [3.8, 4) is 22.6 Å². The fraction of sp³-hybridized carbons (Fsp3) is 0.259. The lowest BCUT2D eigenvalue weighted by Gasteiger charge is -2.41. The van der Waals surface area contributed by atoms with Crippen LogP contribution >= 0.6 is 11.3 Å². The number of hydrogen-bond donors (Lipinski definition) is 1. The summed E-state index contributed by atoms with van der Waals surface area (Å²) in [6.07, 6.45) is 3.06. The SMILES string of the molecule is COc1cc2oc3c(C(=O)N4CCOCC4(C)C)nn(-c4ccsc4)c3c2cc1-c1cncc(C(N)=O)c1. The number of nitrogens with two attached hydrogens (primary N) is 1. The Morgan fingerprint density at radius 3 is 2.76 bits per heavy atom. The molecule has 0 saturated carbocycles. The zero-order valence-electron chi connectivity index (χ0n) is 21.1. The Hall–Kier alpha value is -4.22. The summed E-state index contributed by atoms with van der Waals surface area (Å²) in [7, 11) is 1.56. The van der Waals surface area contributed by atoms with Crippen molar-refractivity contribution in [2.75, 3.05) is 26.9 Å². The average molecular weight is 532 g/mol. The molecule has 0 radical (unpaired) electrons. The number of furan rings is 1. The molecule has 11 heteroatoms. The van der Waals surface area contributed by atoms with E-state index < -0.39 is 11.4 Å². The zero-order valence-corrected chi connectivity index (χ0v) is 21.9. The van der Waals surface area contributed by atoms with Gasteiger partial charge in [0.1, 0.15) is 16.8 Å². The molecule has 0 unspecified atom stereocenters. The van der Waals surface area contributed by atoms with Gasteiger partial charge in [0, 0.05) is 46.9 Å². The molecule has 0 atom stereocenters. The van der Waals surface area contributed by atoms with Gasteiger partial charge >= 0.3 is 0 Å². The van der Waals surface area contributed by atoms with Gasteiger partial charge < -0.3 is 24.5 Å². The molecule has 5 heterocycles. The van der Waals surface area contributed by atoms with E-state index in [1.165, 1.54) is 17.5 Å². The summed E-state index contributed by atoms with van der Waals surface area (Å²) in [5, 5.41) is 9.41. The first-order valence-corrected chi connectivity index (χ1v) is 12.9. The molecule has 6 rings (SSSR count). The maximum absolute atomic E-state index is 13.9. The molecule has 1 aliphatic heterocycles. The van der Waals surface area contributed by atoms with E-state index in [4.69, 9.17) is 24.7 Å². The number of ether oxygens (including phenoxy) is 2. The zero-order chi connectivity index (χ0) is 26.6. The van der Waals surface area contributed by atoms with Gasteiger partial charge in [0.05, 0.1) is 37.1 Å². The van der Waals surface area contributed by atoms with Crippen molar-refractivity contribution in [3.05, 3.63) is 58.7 Å². The molecule has 0 bridgehead atoms. The lowest BCUT2D eigenvalue weighted by Crippen LogP contribution is -2.55. The van der Waals surface area contributed by atoms with Crippen LogP contribution in [0.15, 0.2) is 51.8 Å². The lowest BCUT2D eigenvalue weighted by molar-refractivity contribution is -0.0372. The number of primary amides is 1. The van der Waals surface area contributed by atoms with Crippen LogP contribution in [0.3, 0.4) is 0 Å². The Kier molecular flexibility index (Phi) is 5.69. The Balaban J connectivity index is 1.60. The topological polar surface area (TPSA) is 126 Å². The minimum Gasteiger partial charge on any atom is -0.496 e. The van der Waals surface area contributed by atoms with Gasteiger partial charge in [-0.1, -0.05) is 0 Å². The lowest BCUT2D eigenvalue weighted by atomic mass is 10.0. The highest BCUT2D eigenvalue weighted by molar-refractivity contribution is 7.08. The minimum absolute atomic E-state index is 0.220. The summed E-state index contributed by atoms with van der Waals surface area (Å²) >= 11 is 1.53. The van der Waals surface area contributed by atoms with Gasteiger partial charge in [-0.2, -0.15) is 16.4 Å². The van der Waals surface area contributed by atoms with Crippen molar-refractivity contribution in [1.29, 1.82) is 0 Å². The van der Waals surface area contributed by atoms with Crippen molar-refractivity contribution in [3.63, 3.8) is 0 Å². The van der Waals surface area contributed by atoms with Crippen LogP contribution in [-0.4, -0.2) is 63.9 Å². The molecule has 1 aliphatic rings. The van der Waals surface area contributed by atoms with Gasteiger partial charge in [0.2, 0.25) is 5.91 Å². The van der Waals surface area contributed by atoms with E-state index in [0.29, 0.717) is 53.3 Å². The molecule has 0 aliphatic carbocycles. The largest absolute Gasteiger partial charge is 0.496 e. The normalized spacial score (nSPS) is 15.3. The van der Waals surface area contributed by atoms with E-state index in [2.05, 4.69) is 4.98 Å². The molecule has 4 aromatic heterocycles. The predicted octanol–water partition coefficient (Wildman–Crippen LogP) is 4.25. The predicted molar refractivity (Wildman–Crippen MR) is 143 cm³/mol. The summed E-state index contributed by atoms with van der Waals surface area (Å²) in [5.41, 5.74) is 9.27. The highest BCUT2D eigenvalue weighted by Gasteiger charge is 2.38. The average Bonchev–Trinajstić information content (AvgIpc) is 3.64. The number of hydrogen-bond acceptors (Lipinski definition) is 8. The first-order chi connectivity index (χ1) is 18.3. The van der Waals surface area contributed by atoms with E-state index in [1.807, 2.05) is 36.7 Å². The summed E-state index contributed by atoms with van der Waals surface area (Å²) < 4.78 is 19.3. The molecule has 5 aromatic rings. The van der Waals surface area contributed by atoms with Crippen LogP contribution < -0.4 is 10.5 Å². The summed E-state index contributed by atoms with van der Waals surface area (Å²) in [5.74, 6) is -0.272. The second-order valence-corrected chi connectivity index (χ2v) is 10.5.